The minimum absolute atomic E-state index is 0.152. The van der Waals surface area contributed by atoms with Crippen molar-refractivity contribution >= 4 is 33.5 Å². The normalized spacial score (nSPS) is 10.9. The molecular weight excluding hydrogens is 356 g/mol. The first-order valence-electron chi connectivity index (χ1n) is 8.85. The van der Waals surface area contributed by atoms with Gasteiger partial charge < -0.3 is 4.74 Å². The van der Waals surface area contributed by atoms with Gasteiger partial charge in [-0.1, -0.05) is 12.1 Å². The quantitative estimate of drug-likeness (QED) is 0.591. The first kappa shape index (κ1) is 17.7. The van der Waals surface area contributed by atoms with Gasteiger partial charge in [-0.3, -0.25) is 19.8 Å². The van der Waals surface area contributed by atoms with E-state index < -0.39 is 6.09 Å². The predicted octanol–water partition coefficient (Wildman–Crippen LogP) is 3.72. The lowest BCUT2D eigenvalue weighted by Gasteiger charge is -2.05. The lowest BCUT2D eigenvalue weighted by Crippen LogP contribution is -2.13. The van der Waals surface area contributed by atoms with Crippen molar-refractivity contribution in [3.05, 3.63) is 65.2 Å². The lowest BCUT2D eigenvalue weighted by atomic mass is 10.1. The molecule has 1 amide bonds. The molecule has 0 spiro atoms. The lowest BCUT2D eigenvalue weighted by molar-refractivity contribution is 0.168. The van der Waals surface area contributed by atoms with Gasteiger partial charge in [-0.05, 0) is 36.6 Å². The Labute approximate surface area is 160 Å². The summed E-state index contributed by atoms with van der Waals surface area (Å²) in [6, 6.07) is 10.7. The van der Waals surface area contributed by atoms with Gasteiger partial charge in [0.1, 0.15) is 0 Å². The van der Waals surface area contributed by atoms with Crippen molar-refractivity contribution in [2.24, 2.45) is 7.05 Å². The van der Waals surface area contributed by atoms with Crippen LogP contribution in [0.25, 0.3) is 32.8 Å². The van der Waals surface area contributed by atoms with E-state index in [-0.39, 0.29) is 12.0 Å². The Balaban J connectivity index is 1.89. The van der Waals surface area contributed by atoms with Crippen LogP contribution >= 0.6 is 0 Å². The number of carbonyl (C=O) groups excluding carboxylic acids is 1. The third-order valence-electron chi connectivity index (χ3n) is 4.44. The van der Waals surface area contributed by atoms with Gasteiger partial charge in [0, 0.05) is 47.0 Å². The largest absolute Gasteiger partial charge is 0.450 e. The minimum Gasteiger partial charge on any atom is -0.450 e. The Hall–Kier alpha value is -3.74. The maximum atomic E-state index is 13.2. The Kier molecular flexibility index (Phi) is 4.49. The molecule has 2 heterocycles. The molecule has 2 aromatic carbocycles. The summed E-state index contributed by atoms with van der Waals surface area (Å²) in [7, 11) is 1.84. The zero-order valence-electron chi connectivity index (χ0n) is 15.5. The van der Waals surface area contributed by atoms with Crippen LogP contribution in [0.4, 0.5) is 10.5 Å². The van der Waals surface area contributed by atoms with Crippen LogP contribution in [-0.4, -0.2) is 27.5 Å². The number of pyridine rings is 1. The Morgan fingerprint density at radius 1 is 1.11 bits per heavy atom. The Bertz CT molecular complexity index is 1260. The second kappa shape index (κ2) is 7.11. The zero-order chi connectivity index (χ0) is 19.7. The molecule has 1 N–H and O–H groups in total. The number of rotatable bonds is 3. The first-order chi connectivity index (χ1) is 13.5. The second-order valence-electron chi connectivity index (χ2n) is 6.37. The molecule has 28 heavy (non-hydrogen) atoms. The van der Waals surface area contributed by atoms with E-state index in [1.54, 1.807) is 42.2 Å². The Morgan fingerprint density at radius 2 is 1.93 bits per heavy atom. The van der Waals surface area contributed by atoms with E-state index in [4.69, 9.17) is 4.74 Å². The molecule has 7 heteroatoms. The number of benzene rings is 1. The number of aromatic nitrogens is 3. The van der Waals surface area contributed by atoms with E-state index >= 15 is 0 Å². The number of amides is 1. The standard InChI is InChI=1S/C21H18N4O3/c1-3-28-21(27)24-16-6-4-13-5-7-19-18(20(26)17(13)9-16)8-14(10-22-19)15-11-23-25(2)12-15/h4-12H,3H2,1-2H3,(H,24,27). The van der Waals surface area contributed by atoms with Crippen molar-refractivity contribution in [1.29, 1.82) is 0 Å². The molecule has 0 aliphatic heterocycles. The number of aryl methyl sites for hydroxylation is 1. The highest BCUT2D eigenvalue weighted by molar-refractivity contribution is 5.96. The van der Waals surface area contributed by atoms with Crippen molar-refractivity contribution in [3.8, 4) is 11.1 Å². The number of ether oxygens (including phenoxy) is 1. The van der Waals surface area contributed by atoms with Gasteiger partial charge in [0.15, 0.2) is 5.43 Å². The van der Waals surface area contributed by atoms with Crippen molar-refractivity contribution in [3.63, 3.8) is 0 Å². The first-order valence-corrected chi connectivity index (χ1v) is 8.85. The monoisotopic (exact) mass is 374 g/mol. The van der Waals surface area contributed by atoms with Gasteiger partial charge in [0.2, 0.25) is 0 Å². The maximum absolute atomic E-state index is 13.2. The third-order valence-corrected chi connectivity index (χ3v) is 4.44. The van der Waals surface area contributed by atoms with E-state index in [1.807, 2.05) is 31.4 Å². The highest BCUT2D eigenvalue weighted by Gasteiger charge is 2.09. The SMILES string of the molecule is CCOC(=O)Nc1ccc2ccc3ncc(-c4cnn(C)c4)cc3c(=O)c2c1. The van der Waals surface area contributed by atoms with Crippen molar-refractivity contribution in [2.45, 2.75) is 6.92 Å². The molecule has 7 nitrogen and oxygen atoms in total. The van der Waals surface area contributed by atoms with Crippen molar-refractivity contribution in [2.75, 3.05) is 11.9 Å². The molecule has 140 valence electrons. The highest BCUT2D eigenvalue weighted by atomic mass is 16.5. The predicted molar refractivity (Wildman–Crippen MR) is 108 cm³/mol. The average molecular weight is 374 g/mol. The number of hydrogen-bond acceptors (Lipinski definition) is 5. The summed E-state index contributed by atoms with van der Waals surface area (Å²) in [6.45, 7) is 2.00. The highest BCUT2D eigenvalue weighted by Crippen LogP contribution is 2.23. The van der Waals surface area contributed by atoms with E-state index in [2.05, 4.69) is 15.4 Å². The molecule has 0 fully saturated rings. The number of nitrogens with zero attached hydrogens (tertiary/aromatic N) is 3. The van der Waals surface area contributed by atoms with Crippen LogP contribution in [0.15, 0.2) is 59.8 Å². The van der Waals surface area contributed by atoms with Crippen LogP contribution in [0.5, 0.6) is 0 Å². The molecule has 2 aromatic heterocycles. The molecule has 0 radical (unpaired) electrons. The molecule has 0 atom stereocenters. The van der Waals surface area contributed by atoms with Gasteiger partial charge in [0.25, 0.3) is 0 Å². The molecular formula is C21H18N4O3. The second-order valence-corrected chi connectivity index (χ2v) is 6.37. The van der Waals surface area contributed by atoms with Crippen LogP contribution in [0.1, 0.15) is 6.92 Å². The van der Waals surface area contributed by atoms with Gasteiger partial charge >= 0.3 is 6.09 Å². The molecule has 0 bridgehead atoms. The summed E-state index contributed by atoms with van der Waals surface area (Å²) >= 11 is 0. The summed E-state index contributed by atoms with van der Waals surface area (Å²) in [4.78, 5) is 29.4. The summed E-state index contributed by atoms with van der Waals surface area (Å²) in [5, 5.41) is 8.57. The molecule has 0 aliphatic carbocycles. The number of anilines is 1. The molecule has 4 rings (SSSR count). The van der Waals surface area contributed by atoms with Crippen LogP contribution < -0.4 is 10.7 Å². The van der Waals surface area contributed by atoms with E-state index in [1.165, 1.54) is 0 Å². The van der Waals surface area contributed by atoms with Gasteiger partial charge in [0.05, 0.1) is 18.3 Å². The number of nitrogens with one attached hydrogen (secondary N) is 1. The minimum atomic E-state index is -0.556. The van der Waals surface area contributed by atoms with Crippen LogP contribution in [-0.2, 0) is 11.8 Å². The van der Waals surface area contributed by atoms with Crippen LogP contribution in [0.3, 0.4) is 0 Å². The third kappa shape index (κ3) is 3.29. The number of carbonyl (C=O) groups is 1. The van der Waals surface area contributed by atoms with Crippen molar-refractivity contribution in [1.82, 2.24) is 14.8 Å². The van der Waals surface area contributed by atoms with Crippen LogP contribution in [0, 0.1) is 0 Å². The smallest absolute Gasteiger partial charge is 0.411 e. The topological polar surface area (TPSA) is 86.1 Å². The number of fused-ring (bicyclic) bond motifs is 2. The molecule has 0 aliphatic rings. The Morgan fingerprint density at radius 3 is 2.68 bits per heavy atom. The fourth-order valence-corrected chi connectivity index (χ4v) is 3.09. The molecule has 0 unspecified atom stereocenters. The summed E-state index contributed by atoms with van der Waals surface area (Å²) in [5.41, 5.74) is 2.66. The summed E-state index contributed by atoms with van der Waals surface area (Å²) in [6.07, 6.45) is 4.78. The van der Waals surface area contributed by atoms with E-state index in [0.717, 1.165) is 16.5 Å². The van der Waals surface area contributed by atoms with Gasteiger partial charge in [-0.25, -0.2) is 4.79 Å². The molecule has 0 saturated heterocycles. The van der Waals surface area contributed by atoms with E-state index in [0.29, 0.717) is 22.0 Å². The molecule has 0 saturated carbocycles. The average Bonchev–Trinajstić information content (AvgIpc) is 3.07. The number of hydrogen-bond donors (Lipinski definition) is 1. The van der Waals surface area contributed by atoms with Crippen molar-refractivity contribution < 1.29 is 9.53 Å². The summed E-state index contributed by atoms with van der Waals surface area (Å²) in [5.74, 6) is 0. The zero-order valence-corrected chi connectivity index (χ0v) is 15.5. The fourth-order valence-electron chi connectivity index (χ4n) is 3.09. The van der Waals surface area contributed by atoms with E-state index in [9.17, 15) is 9.59 Å². The van der Waals surface area contributed by atoms with Gasteiger partial charge in [-0.15, -0.1) is 0 Å². The molecule has 4 aromatic rings. The van der Waals surface area contributed by atoms with Gasteiger partial charge in [-0.2, -0.15) is 5.10 Å². The summed E-state index contributed by atoms with van der Waals surface area (Å²) < 4.78 is 6.60. The van der Waals surface area contributed by atoms with Crippen LogP contribution in [0.2, 0.25) is 0 Å². The fraction of sp³-hybridized carbons (Fsp3) is 0.143. The maximum Gasteiger partial charge on any atom is 0.411 e.